The number of nitrogens with zero attached hydrogens (tertiary/aromatic N) is 1. The zero-order valence-corrected chi connectivity index (χ0v) is 11.0. The lowest BCUT2D eigenvalue weighted by molar-refractivity contribution is -0.0398. The maximum atomic E-state index is 3.80. The summed E-state index contributed by atoms with van der Waals surface area (Å²) in [4.78, 5) is 2.64. The van der Waals surface area contributed by atoms with Crippen molar-refractivity contribution in [1.82, 2.24) is 26.2 Å². The van der Waals surface area contributed by atoms with Crippen molar-refractivity contribution in [2.24, 2.45) is 11.8 Å². The van der Waals surface area contributed by atoms with Crippen LogP contribution in [0.2, 0.25) is 0 Å². The van der Waals surface area contributed by atoms with Gasteiger partial charge in [0.25, 0.3) is 0 Å². The predicted molar refractivity (Wildman–Crippen MR) is 70.9 cm³/mol. The van der Waals surface area contributed by atoms with Gasteiger partial charge in [0.05, 0.1) is 6.17 Å². The second-order valence-corrected chi connectivity index (χ2v) is 6.38. The lowest BCUT2D eigenvalue weighted by atomic mass is 9.87. The molecule has 18 heavy (non-hydrogen) atoms. The minimum absolute atomic E-state index is 0.387. The van der Waals surface area contributed by atoms with Gasteiger partial charge in [0, 0.05) is 31.6 Å². The molecule has 0 aromatic heterocycles. The topological polar surface area (TPSA) is 51.4 Å². The zero-order chi connectivity index (χ0) is 11.9. The van der Waals surface area contributed by atoms with Crippen molar-refractivity contribution in [3.63, 3.8) is 0 Å². The molecule has 4 aliphatic heterocycles. The predicted octanol–water partition coefficient (Wildman–Crippen LogP) is -0.918. The van der Waals surface area contributed by atoms with Crippen LogP contribution < -0.4 is 21.3 Å². The van der Waals surface area contributed by atoms with Gasteiger partial charge in [-0.2, -0.15) is 0 Å². The zero-order valence-electron chi connectivity index (χ0n) is 11.0. The van der Waals surface area contributed by atoms with E-state index in [9.17, 15) is 0 Å². The Labute approximate surface area is 109 Å². The Balaban J connectivity index is 1.46. The minimum Gasteiger partial charge on any atom is -0.315 e. The smallest absolute Gasteiger partial charge is 0.116 e. The van der Waals surface area contributed by atoms with Gasteiger partial charge < -0.3 is 10.6 Å². The second-order valence-electron chi connectivity index (χ2n) is 6.38. The van der Waals surface area contributed by atoms with Crippen LogP contribution in [0.4, 0.5) is 0 Å². The van der Waals surface area contributed by atoms with Crippen molar-refractivity contribution >= 4 is 0 Å². The van der Waals surface area contributed by atoms with E-state index in [2.05, 4.69) is 26.2 Å². The molecule has 5 heteroatoms. The summed E-state index contributed by atoms with van der Waals surface area (Å²) >= 11 is 0. The fourth-order valence-electron chi connectivity index (χ4n) is 4.19. The van der Waals surface area contributed by atoms with Crippen molar-refractivity contribution in [2.45, 2.75) is 37.8 Å². The Morgan fingerprint density at radius 2 is 1.89 bits per heavy atom. The monoisotopic (exact) mass is 251 g/mol. The molecule has 4 rings (SSSR count). The van der Waals surface area contributed by atoms with Crippen LogP contribution in [0.3, 0.4) is 0 Å². The number of fused-ring (bicyclic) bond motifs is 3. The van der Waals surface area contributed by atoms with Crippen LogP contribution in [0.15, 0.2) is 0 Å². The highest BCUT2D eigenvalue weighted by molar-refractivity contribution is 4.97. The average molecular weight is 251 g/mol. The summed E-state index contributed by atoms with van der Waals surface area (Å²) in [6.45, 7) is 6.05. The van der Waals surface area contributed by atoms with Crippen molar-refractivity contribution < 1.29 is 0 Å². The molecule has 0 spiro atoms. The molecule has 0 aromatic rings. The highest BCUT2D eigenvalue weighted by Crippen LogP contribution is 2.27. The normalized spacial score (nSPS) is 49.0. The van der Waals surface area contributed by atoms with E-state index in [0.717, 1.165) is 18.4 Å². The first-order valence-electron chi connectivity index (χ1n) is 7.60. The number of rotatable bonds is 0. The third kappa shape index (κ3) is 1.98. The second kappa shape index (κ2) is 4.72. The van der Waals surface area contributed by atoms with E-state index in [-0.39, 0.29) is 0 Å². The van der Waals surface area contributed by atoms with Gasteiger partial charge in [-0.3, -0.25) is 15.5 Å². The molecule has 0 bridgehead atoms. The fourth-order valence-corrected chi connectivity index (χ4v) is 4.19. The van der Waals surface area contributed by atoms with E-state index in [4.69, 9.17) is 0 Å². The van der Waals surface area contributed by atoms with Gasteiger partial charge in [-0.05, 0) is 38.3 Å². The number of hydrogen-bond acceptors (Lipinski definition) is 5. The maximum absolute atomic E-state index is 3.80. The van der Waals surface area contributed by atoms with Gasteiger partial charge in [0.1, 0.15) is 6.29 Å². The minimum atomic E-state index is 0.387. The largest absolute Gasteiger partial charge is 0.315 e. The van der Waals surface area contributed by atoms with Crippen molar-refractivity contribution in [2.75, 3.05) is 32.7 Å². The lowest BCUT2D eigenvalue weighted by Gasteiger charge is -2.54. The molecule has 102 valence electrons. The SMILES string of the molecule is C1CNC2NC3NC4CNCCC4CN3CC2C1. The highest BCUT2D eigenvalue weighted by atomic mass is 15.5. The van der Waals surface area contributed by atoms with Crippen molar-refractivity contribution in [3.05, 3.63) is 0 Å². The third-order valence-corrected chi connectivity index (χ3v) is 5.23. The fraction of sp³-hybridized carbons (Fsp3) is 1.00. The highest BCUT2D eigenvalue weighted by Gasteiger charge is 2.42. The Morgan fingerprint density at radius 1 is 0.944 bits per heavy atom. The summed E-state index contributed by atoms with van der Waals surface area (Å²) in [6.07, 6.45) is 4.96. The number of nitrogens with one attached hydrogen (secondary N) is 4. The summed E-state index contributed by atoms with van der Waals surface area (Å²) in [6, 6.07) is 0.660. The van der Waals surface area contributed by atoms with E-state index in [1.807, 2.05) is 0 Å². The van der Waals surface area contributed by atoms with Gasteiger partial charge in [-0.15, -0.1) is 0 Å². The van der Waals surface area contributed by atoms with Crippen molar-refractivity contribution in [1.29, 1.82) is 0 Å². The maximum Gasteiger partial charge on any atom is 0.116 e. The molecule has 5 nitrogen and oxygen atoms in total. The van der Waals surface area contributed by atoms with Crippen LogP contribution in [-0.4, -0.2) is 56.1 Å². The quantitative estimate of drug-likeness (QED) is 0.449. The number of piperidine rings is 2. The molecule has 0 radical (unpaired) electrons. The molecule has 0 aromatic carbocycles. The van der Waals surface area contributed by atoms with Crippen LogP contribution in [0.5, 0.6) is 0 Å². The molecule has 4 heterocycles. The molecular weight excluding hydrogens is 226 g/mol. The first-order chi connectivity index (χ1) is 8.90. The molecule has 0 amide bonds. The molecule has 0 saturated carbocycles. The molecule has 4 saturated heterocycles. The Bertz CT molecular complexity index is 252. The van der Waals surface area contributed by atoms with Crippen LogP contribution in [0.1, 0.15) is 19.3 Å². The summed E-state index contributed by atoms with van der Waals surface area (Å²) in [5.74, 6) is 1.65. The molecule has 4 aliphatic rings. The van der Waals surface area contributed by atoms with Gasteiger partial charge in [-0.25, -0.2) is 0 Å². The van der Waals surface area contributed by atoms with Crippen LogP contribution in [-0.2, 0) is 0 Å². The molecule has 4 N–H and O–H groups in total. The van der Waals surface area contributed by atoms with E-state index in [1.54, 1.807) is 0 Å². The first kappa shape index (κ1) is 11.6. The Kier molecular flexibility index (Phi) is 3.05. The van der Waals surface area contributed by atoms with Crippen LogP contribution in [0.25, 0.3) is 0 Å². The molecule has 0 aliphatic carbocycles. The third-order valence-electron chi connectivity index (χ3n) is 5.23. The van der Waals surface area contributed by atoms with E-state index < -0.39 is 0 Å². The summed E-state index contributed by atoms with van der Waals surface area (Å²) in [7, 11) is 0. The van der Waals surface area contributed by atoms with E-state index >= 15 is 0 Å². The number of hydrogen-bond donors (Lipinski definition) is 4. The van der Waals surface area contributed by atoms with Gasteiger partial charge in [0.2, 0.25) is 0 Å². The summed E-state index contributed by atoms with van der Waals surface area (Å²) < 4.78 is 0. The summed E-state index contributed by atoms with van der Waals surface area (Å²) in [5, 5.41) is 14.7. The van der Waals surface area contributed by atoms with Gasteiger partial charge in [-0.1, -0.05) is 0 Å². The van der Waals surface area contributed by atoms with Crippen LogP contribution >= 0.6 is 0 Å². The Hall–Kier alpha value is -0.200. The van der Waals surface area contributed by atoms with Gasteiger partial charge >= 0.3 is 0 Å². The first-order valence-corrected chi connectivity index (χ1v) is 7.60. The van der Waals surface area contributed by atoms with E-state index in [0.29, 0.717) is 18.5 Å². The van der Waals surface area contributed by atoms with E-state index in [1.165, 1.54) is 45.4 Å². The standard InChI is InChI=1S/C13H25N5/c1-2-10-8-18-7-9-3-5-14-6-11(9)16-13(18)17-12(10)15-4-1/h9-17H,1-8H2. The molecule has 5 atom stereocenters. The lowest BCUT2D eigenvalue weighted by Crippen LogP contribution is -2.76. The molecule has 4 fully saturated rings. The van der Waals surface area contributed by atoms with Gasteiger partial charge in [0.15, 0.2) is 0 Å². The summed E-state index contributed by atoms with van der Waals surface area (Å²) in [5.41, 5.74) is 0. The molecule has 5 unspecified atom stereocenters. The Morgan fingerprint density at radius 3 is 2.89 bits per heavy atom. The average Bonchev–Trinajstić information content (AvgIpc) is 2.42. The van der Waals surface area contributed by atoms with Crippen molar-refractivity contribution in [3.8, 4) is 0 Å². The van der Waals surface area contributed by atoms with Crippen LogP contribution in [0, 0.1) is 11.8 Å². The molecular formula is C13H25N5.